The summed E-state index contributed by atoms with van der Waals surface area (Å²) < 4.78 is 35.8. The van der Waals surface area contributed by atoms with Gasteiger partial charge in [-0.15, -0.1) is 0 Å². The van der Waals surface area contributed by atoms with Crippen LogP contribution >= 0.6 is 0 Å². The number of fused-ring (bicyclic) bond motifs is 2. The molecular formula is C27H32O6. The third-order valence-corrected chi connectivity index (χ3v) is 7.06. The molecule has 6 nitrogen and oxygen atoms in total. The molecule has 0 bridgehead atoms. The maximum absolute atomic E-state index is 6.71. The highest BCUT2D eigenvalue weighted by Gasteiger charge is 2.53. The summed E-state index contributed by atoms with van der Waals surface area (Å²) in [5, 5.41) is 0. The summed E-state index contributed by atoms with van der Waals surface area (Å²) in [5.41, 5.74) is 2.13. The van der Waals surface area contributed by atoms with Crippen LogP contribution in [0.3, 0.4) is 0 Å². The number of hydrogen-bond donors (Lipinski definition) is 0. The second-order valence-corrected chi connectivity index (χ2v) is 11.1. The van der Waals surface area contributed by atoms with Gasteiger partial charge in [0.2, 0.25) is 0 Å². The molecule has 2 atom stereocenters. The van der Waals surface area contributed by atoms with Gasteiger partial charge in [-0.2, -0.15) is 0 Å². The molecule has 6 heteroatoms. The van der Waals surface area contributed by atoms with Crippen LogP contribution in [-0.4, -0.2) is 44.4 Å². The molecule has 2 aromatic rings. The van der Waals surface area contributed by atoms with Gasteiger partial charge in [0.1, 0.15) is 48.4 Å². The Labute approximate surface area is 195 Å². The molecule has 0 saturated carbocycles. The maximum Gasteiger partial charge on any atom is 0.252 e. The van der Waals surface area contributed by atoms with Gasteiger partial charge in [0.05, 0.1) is 13.2 Å². The van der Waals surface area contributed by atoms with Crippen LogP contribution in [0.1, 0.15) is 51.7 Å². The van der Waals surface area contributed by atoms with Crippen LogP contribution in [0.2, 0.25) is 0 Å². The van der Waals surface area contributed by atoms with Crippen LogP contribution in [0.15, 0.2) is 36.4 Å². The summed E-state index contributed by atoms with van der Waals surface area (Å²) in [6.45, 7) is 11.7. The van der Waals surface area contributed by atoms with Crippen LogP contribution in [0.25, 0.3) is 0 Å². The summed E-state index contributed by atoms with van der Waals surface area (Å²) in [6.07, 6.45) is 1.94. The highest BCUT2D eigenvalue weighted by molar-refractivity contribution is 5.50. The second kappa shape index (κ2) is 7.28. The summed E-state index contributed by atoms with van der Waals surface area (Å²) in [5.74, 6) is 2.50. The number of rotatable bonds is 6. The average molecular weight is 453 g/mol. The fraction of sp³-hybridized carbons (Fsp3) is 0.556. The molecule has 4 aliphatic heterocycles. The molecular weight excluding hydrogens is 420 g/mol. The van der Waals surface area contributed by atoms with E-state index < -0.39 is 5.79 Å². The Bertz CT molecular complexity index is 981. The van der Waals surface area contributed by atoms with Crippen molar-refractivity contribution in [3.05, 3.63) is 47.5 Å². The lowest BCUT2D eigenvalue weighted by Crippen LogP contribution is -2.55. The van der Waals surface area contributed by atoms with Gasteiger partial charge >= 0.3 is 0 Å². The fourth-order valence-corrected chi connectivity index (χ4v) is 5.34. The van der Waals surface area contributed by atoms with Crippen molar-refractivity contribution in [1.29, 1.82) is 0 Å². The molecule has 0 radical (unpaired) electrons. The first-order chi connectivity index (χ1) is 15.7. The monoisotopic (exact) mass is 452 g/mol. The molecule has 0 aromatic heterocycles. The van der Waals surface area contributed by atoms with E-state index in [1.165, 1.54) is 11.1 Å². The smallest absolute Gasteiger partial charge is 0.252 e. The lowest BCUT2D eigenvalue weighted by Gasteiger charge is -2.51. The highest BCUT2D eigenvalue weighted by atomic mass is 16.7. The van der Waals surface area contributed by atoms with Gasteiger partial charge in [-0.05, 0) is 12.1 Å². The van der Waals surface area contributed by atoms with Crippen molar-refractivity contribution in [3.63, 3.8) is 0 Å². The van der Waals surface area contributed by atoms with E-state index in [4.69, 9.17) is 28.4 Å². The zero-order valence-corrected chi connectivity index (χ0v) is 19.8. The van der Waals surface area contributed by atoms with Gasteiger partial charge < -0.3 is 28.4 Å². The predicted molar refractivity (Wildman–Crippen MR) is 123 cm³/mol. The quantitative estimate of drug-likeness (QED) is 0.589. The van der Waals surface area contributed by atoms with Crippen LogP contribution in [0.4, 0.5) is 0 Å². The topological polar surface area (TPSA) is 62.0 Å². The fourth-order valence-electron chi connectivity index (χ4n) is 5.34. The average Bonchev–Trinajstić information content (AvgIpc) is 3.64. The lowest BCUT2D eigenvalue weighted by atomic mass is 9.69. The molecule has 2 saturated heterocycles. The molecule has 2 aromatic carbocycles. The number of benzene rings is 2. The summed E-state index contributed by atoms with van der Waals surface area (Å²) in [6, 6.07) is 12.3. The highest BCUT2D eigenvalue weighted by Crippen LogP contribution is 2.54. The lowest BCUT2D eigenvalue weighted by molar-refractivity contribution is -0.166. The minimum Gasteiger partial charge on any atom is -0.491 e. The van der Waals surface area contributed by atoms with E-state index in [1.807, 2.05) is 24.3 Å². The number of hydrogen-bond acceptors (Lipinski definition) is 6. The first kappa shape index (κ1) is 21.1. The number of epoxide rings is 2. The van der Waals surface area contributed by atoms with Gasteiger partial charge in [0.25, 0.3) is 5.79 Å². The summed E-state index contributed by atoms with van der Waals surface area (Å²) in [4.78, 5) is 0. The zero-order chi connectivity index (χ0) is 22.8. The standard InChI is InChI=1S/C27H32O6/c1-25(2)15-27(32-23-9-17(5-7-21(23)25)28-11-19-13-30-19)16-26(3,4)22-8-6-18(10-24(22)33-27)29-12-20-14-31-20/h5-10,19-20H,11-16H2,1-4H3. The van der Waals surface area contributed by atoms with Crippen LogP contribution in [-0.2, 0) is 20.3 Å². The molecule has 33 heavy (non-hydrogen) atoms. The van der Waals surface area contributed by atoms with Crippen molar-refractivity contribution in [1.82, 2.24) is 0 Å². The van der Waals surface area contributed by atoms with Crippen LogP contribution < -0.4 is 18.9 Å². The maximum atomic E-state index is 6.71. The predicted octanol–water partition coefficient (Wildman–Crippen LogP) is 4.76. The molecule has 6 rings (SSSR count). The molecule has 1 spiro atoms. The van der Waals surface area contributed by atoms with Crippen molar-refractivity contribution in [2.45, 2.75) is 69.4 Å². The molecule has 4 heterocycles. The third kappa shape index (κ3) is 4.15. The first-order valence-corrected chi connectivity index (χ1v) is 11.9. The van der Waals surface area contributed by atoms with Gasteiger partial charge in [0.15, 0.2) is 0 Å². The molecule has 0 N–H and O–H groups in total. The number of ether oxygens (including phenoxy) is 6. The SMILES string of the molecule is CC1(C)CC2(CC(C)(C)c3ccc(OCC4CO4)cc3O2)Oc2cc(OCC3CO3)ccc21. The van der Waals surface area contributed by atoms with Gasteiger partial charge in [0, 0.05) is 46.9 Å². The van der Waals surface area contributed by atoms with E-state index in [1.54, 1.807) is 0 Å². The van der Waals surface area contributed by atoms with Crippen molar-refractivity contribution < 1.29 is 28.4 Å². The zero-order valence-electron chi connectivity index (χ0n) is 19.8. The molecule has 176 valence electrons. The molecule has 2 fully saturated rings. The third-order valence-electron chi connectivity index (χ3n) is 7.06. The Balaban J connectivity index is 1.31. The van der Waals surface area contributed by atoms with E-state index in [9.17, 15) is 0 Å². The molecule has 2 unspecified atom stereocenters. The Morgan fingerprint density at radius 1 is 0.727 bits per heavy atom. The van der Waals surface area contributed by atoms with E-state index >= 15 is 0 Å². The van der Waals surface area contributed by atoms with Crippen molar-refractivity contribution >= 4 is 0 Å². The second-order valence-electron chi connectivity index (χ2n) is 11.1. The Morgan fingerprint density at radius 2 is 1.15 bits per heavy atom. The molecule has 0 amide bonds. The van der Waals surface area contributed by atoms with E-state index in [0.29, 0.717) is 13.2 Å². The van der Waals surface area contributed by atoms with Crippen LogP contribution in [0, 0.1) is 0 Å². The normalized spacial score (nSPS) is 29.8. The first-order valence-electron chi connectivity index (χ1n) is 11.9. The van der Waals surface area contributed by atoms with E-state index in [-0.39, 0.29) is 23.0 Å². The van der Waals surface area contributed by atoms with Gasteiger partial charge in [-0.3, -0.25) is 0 Å². The van der Waals surface area contributed by atoms with E-state index in [2.05, 4.69) is 39.8 Å². The Hall–Kier alpha value is -2.44. The van der Waals surface area contributed by atoms with E-state index in [0.717, 1.165) is 49.1 Å². The van der Waals surface area contributed by atoms with Gasteiger partial charge in [-0.1, -0.05) is 39.8 Å². The minimum atomic E-state index is -0.760. The Kier molecular flexibility index (Phi) is 4.66. The Morgan fingerprint density at radius 3 is 1.55 bits per heavy atom. The minimum absolute atomic E-state index is 0.114. The van der Waals surface area contributed by atoms with Crippen molar-refractivity contribution in [2.24, 2.45) is 0 Å². The largest absolute Gasteiger partial charge is 0.491 e. The summed E-state index contributed by atoms with van der Waals surface area (Å²) in [7, 11) is 0. The molecule has 4 aliphatic rings. The van der Waals surface area contributed by atoms with Crippen LogP contribution in [0.5, 0.6) is 23.0 Å². The van der Waals surface area contributed by atoms with Gasteiger partial charge in [-0.25, -0.2) is 0 Å². The van der Waals surface area contributed by atoms with Crippen molar-refractivity contribution in [2.75, 3.05) is 26.4 Å². The summed E-state index contributed by atoms with van der Waals surface area (Å²) >= 11 is 0. The van der Waals surface area contributed by atoms with Crippen molar-refractivity contribution in [3.8, 4) is 23.0 Å². The molecule has 0 aliphatic carbocycles.